The van der Waals surface area contributed by atoms with Gasteiger partial charge >= 0.3 is 18.1 Å². The first kappa shape index (κ1) is 18.2. The van der Waals surface area contributed by atoms with Crippen LogP contribution in [0.3, 0.4) is 0 Å². The number of halogens is 3. The third-order valence-electron chi connectivity index (χ3n) is 3.81. The van der Waals surface area contributed by atoms with Gasteiger partial charge in [-0.05, 0) is 24.3 Å². The third kappa shape index (κ3) is 3.52. The van der Waals surface area contributed by atoms with Crippen LogP contribution in [0.4, 0.5) is 24.5 Å². The summed E-state index contributed by atoms with van der Waals surface area (Å²) in [4.78, 5) is 26.3. The Labute approximate surface area is 149 Å². The smallest absolute Gasteiger partial charge is 0.418 e. The molecule has 0 saturated carbocycles. The van der Waals surface area contributed by atoms with Crippen molar-refractivity contribution in [3.8, 4) is 0 Å². The van der Waals surface area contributed by atoms with Crippen molar-refractivity contribution in [2.24, 2.45) is 0 Å². The van der Waals surface area contributed by atoms with Crippen LogP contribution >= 0.6 is 0 Å². The van der Waals surface area contributed by atoms with E-state index in [1.54, 1.807) is 0 Å². The summed E-state index contributed by atoms with van der Waals surface area (Å²) in [5.41, 5.74) is -1.72. The fraction of sp³-hybridized carbons (Fsp3) is 0.0556. The Balaban J connectivity index is 2.23. The summed E-state index contributed by atoms with van der Waals surface area (Å²) >= 11 is 0. The van der Waals surface area contributed by atoms with Gasteiger partial charge in [0.2, 0.25) is 0 Å². The van der Waals surface area contributed by atoms with Gasteiger partial charge in [-0.3, -0.25) is 4.98 Å². The molecule has 27 heavy (non-hydrogen) atoms. The van der Waals surface area contributed by atoms with Crippen molar-refractivity contribution in [3.63, 3.8) is 0 Å². The molecule has 3 aromatic rings. The molecule has 138 valence electrons. The number of hydrogen-bond acceptors (Lipinski definition) is 4. The second-order valence-electron chi connectivity index (χ2n) is 5.56. The van der Waals surface area contributed by atoms with E-state index in [9.17, 15) is 27.9 Å². The van der Waals surface area contributed by atoms with Crippen LogP contribution in [0, 0.1) is 0 Å². The number of para-hydroxylation sites is 1. The molecule has 0 radical (unpaired) electrons. The molecular formula is C18H11F3N2O4. The van der Waals surface area contributed by atoms with Crippen LogP contribution in [0.1, 0.15) is 26.3 Å². The Bertz CT molecular complexity index is 1060. The molecule has 0 aliphatic heterocycles. The van der Waals surface area contributed by atoms with Crippen molar-refractivity contribution in [2.75, 3.05) is 5.32 Å². The van der Waals surface area contributed by atoms with E-state index >= 15 is 0 Å². The minimum Gasteiger partial charge on any atom is -0.478 e. The number of carbonyl (C=O) groups is 2. The zero-order valence-corrected chi connectivity index (χ0v) is 13.4. The highest BCUT2D eigenvalue weighted by atomic mass is 19.4. The molecule has 0 saturated heterocycles. The fourth-order valence-electron chi connectivity index (χ4n) is 2.62. The van der Waals surface area contributed by atoms with Gasteiger partial charge in [-0.15, -0.1) is 0 Å². The zero-order chi connectivity index (χ0) is 19.8. The number of hydrogen-bond donors (Lipinski definition) is 3. The van der Waals surface area contributed by atoms with E-state index in [2.05, 4.69) is 10.3 Å². The minimum atomic E-state index is -4.67. The molecule has 6 nitrogen and oxygen atoms in total. The van der Waals surface area contributed by atoms with Crippen LogP contribution in [-0.4, -0.2) is 27.1 Å². The van der Waals surface area contributed by atoms with Crippen LogP contribution in [-0.2, 0) is 6.18 Å². The summed E-state index contributed by atoms with van der Waals surface area (Å²) in [6.07, 6.45) is -3.83. The van der Waals surface area contributed by atoms with E-state index in [0.29, 0.717) is 0 Å². The second kappa shape index (κ2) is 6.60. The number of fused-ring (bicyclic) bond motifs is 1. The quantitative estimate of drug-likeness (QED) is 0.624. The van der Waals surface area contributed by atoms with Gasteiger partial charge in [0.1, 0.15) is 5.56 Å². The highest BCUT2D eigenvalue weighted by Crippen LogP contribution is 2.37. The molecule has 0 aliphatic carbocycles. The van der Waals surface area contributed by atoms with Crippen LogP contribution < -0.4 is 5.32 Å². The van der Waals surface area contributed by atoms with Crippen molar-refractivity contribution in [3.05, 3.63) is 65.4 Å². The average Bonchev–Trinajstić information content (AvgIpc) is 2.60. The zero-order valence-electron chi connectivity index (χ0n) is 13.4. The monoisotopic (exact) mass is 376 g/mol. The lowest BCUT2D eigenvalue weighted by atomic mass is 10.0. The standard InChI is InChI=1S/C18H11F3N2O4/c19-18(20,21)13-6-2-5-11-14(12(17(26)27)8-22-15(11)13)23-10-4-1-3-9(7-10)16(24)25/h1-8H,(H,22,23)(H,24,25)(H,26,27). The summed E-state index contributed by atoms with van der Waals surface area (Å²) in [5.74, 6) is -2.59. The topological polar surface area (TPSA) is 99.5 Å². The lowest BCUT2D eigenvalue weighted by Crippen LogP contribution is -2.10. The summed E-state index contributed by atoms with van der Waals surface area (Å²) in [5, 5.41) is 21.1. The number of aromatic nitrogens is 1. The Hall–Kier alpha value is -3.62. The van der Waals surface area contributed by atoms with Gasteiger partial charge in [0.15, 0.2) is 0 Å². The second-order valence-corrected chi connectivity index (χ2v) is 5.56. The van der Waals surface area contributed by atoms with Crippen molar-refractivity contribution in [2.45, 2.75) is 6.18 Å². The average molecular weight is 376 g/mol. The van der Waals surface area contributed by atoms with Crippen LogP contribution in [0.15, 0.2) is 48.7 Å². The van der Waals surface area contributed by atoms with E-state index in [1.807, 2.05) is 0 Å². The van der Waals surface area contributed by atoms with Gasteiger partial charge in [-0.2, -0.15) is 13.2 Å². The molecule has 0 spiro atoms. The van der Waals surface area contributed by atoms with Crippen molar-refractivity contribution in [1.82, 2.24) is 4.98 Å². The molecule has 0 atom stereocenters. The highest BCUT2D eigenvalue weighted by molar-refractivity contribution is 6.06. The van der Waals surface area contributed by atoms with Crippen molar-refractivity contribution < 1.29 is 33.0 Å². The number of anilines is 2. The van der Waals surface area contributed by atoms with E-state index < -0.39 is 29.2 Å². The number of carboxylic acid groups (broad SMARTS) is 2. The summed E-state index contributed by atoms with van der Waals surface area (Å²) < 4.78 is 39.7. The highest BCUT2D eigenvalue weighted by Gasteiger charge is 2.34. The SMILES string of the molecule is O=C(O)c1cccc(Nc2c(C(=O)O)cnc3c(C(F)(F)F)cccc23)c1. The minimum absolute atomic E-state index is 0.0505. The van der Waals surface area contributed by atoms with Crippen molar-refractivity contribution in [1.29, 1.82) is 0 Å². The predicted molar refractivity (Wildman–Crippen MR) is 90.4 cm³/mol. The summed E-state index contributed by atoms with van der Waals surface area (Å²) in [6, 6.07) is 8.79. The van der Waals surface area contributed by atoms with Crippen LogP contribution in [0.2, 0.25) is 0 Å². The first-order chi connectivity index (χ1) is 12.7. The molecule has 2 aromatic carbocycles. The summed E-state index contributed by atoms with van der Waals surface area (Å²) in [6.45, 7) is 0. The Kier molecular flexibility index (Phi) is 4.44. The predicted octanol–water partition coefficient (Wildman–Crippen LogP) is 4.39. The molecule has 0 unspecified atom stereocenters. The van der Waals surface area contributed by atoms with Gasteiger partial charge < -0.3 is 15.5 Å². The molecule has 9 heteroatoms. The number of rotatable bonds is 4. The fourth-order valence-corrected chi connectivity index (χ4v) is 2.62. The number of aromatic carboxylic acids is 2. The van der Waals surface area contributed by atoms with Gasteiger partial charge in [-0.25, -0.2) is 9.59 Å². The molecule has 3 N–H and O–H groups in total. The van der Waals surface area contributed by atoms with E-state index in [0.717, 1.165) is 18.3 Å². The molecule has 3 rings (SSSR count). The Morgan fingerprint density at radius 1 is 1.00 bits per heavy atom. The molecule has 0 amide bonds. The maximum Gasteiger partial charge on any atom is 0.418 e. The number of nitrogens with zero attached hydrogens (tertiary/aromatic N) is 1. The largest absolute Gasteiger partial charge is 0.478 e. The number of pyridine rings is 1. The maximum atomic E-state index is 13.2. The normalized spacial score (nSPS) is 11.4. The molecular weight excluding hydrogens is 365 g/mol. The molecule has 1 aromatic heterocycles. The molecule has 0 bridgehead atoms. The van der Waals surface area contributed by atoms with Crippen LogP contribution in [0.5, 0.6) is 0 Å². The maximum absolute atomic E-state index is 13.2. The Morgan fingerprint density at radius 2 is 1.70 bits per heavy atom. The number of alkyl halides is 3. The van der Waals surface area contributed by atoms with E-state index in [-0.39, 0.29) is 27.9 Å². The van der Waals surface area contributed by atoms with E-state index in [4.69, 9.17) is 5.11 Å². The lowest BCUT2D eigenvalue weighted by Gasteiger charge is -2.15. The van der Waals surface area contributed by atoms with Gasteiger partial charge in [-0.1, -0.05) is 18.2 Å². The third-order valence-corrected chi connectivity index (χ3v) is 3.81. The summed E-state index contributed by atoms with van der Waals surface area (Å²) in [7, 11) is 0. The van der Waals surface area contributed by atoms with Gasteiger partial charge in [0.25, 0.3) is 0 Å². The van der Waals surface area contributed by atoms with Gasteiger partial charge in [0, 0.05) is 17.3 Å². The number of nitrogens with one attached hydrogen (secondary N) is 1. The molecule has 1 heterocycles. The van der Waals surface area contributed by atoms with Gasteiger partial charge in [0.05, 0.1) is 22.3 Å². The van der Waals surface area contributed by atoms with Crippen molar-refractivity contribution >= 4 is 34.2 Å². The van der Waals surface area contributed by atoms with Crippen LogP contribution in [0.25, 0.3) is 10.9 Å². The first-order valence-electron chi connectivity index (χ1n) is 7.51. The number of benzene rings is 2. The first-order valence-corrected chi connectivity index (χ1v) is 7.51. The molecule has 0 fully saturated rings. The Morgan fingerprint density at radius 3 is 2.33 bits per heavy atom. The number of carboxylic acids is 2. The molecule has 0 aliphatic rings. The van der Waals surface area contributed by atoms with E-state index in [1.165, 1.54) is 30.3 Å². The lowest BCUT2D eigenvalue weighted by molar-refractivity contribution is -0.136.